The number of rotatable bonds is 6. The van der Waals surface area contributed by atoms with Gasteiger partial charge in [-0.3, -0.25) is 14.9 Å². The summed E-state index contributed by atoms with van der Waals surface area (Å²) in [6, 6.07) is 13.7. The van der Waals surface area contributed by atoms with Crippen molar-refractivity contribution in [3.63, 3.8) is 0 Å². The van der Waals surface area contributed by atoms with E-state index in [-0.39, 0.29) is 16.8 Å². The van der Waals surface area contributed by atoms with Gasteiger partial charge < -0.3 is 5.32 Å². The number of aromatic nitrogens is 1. The standard InChI is InChI=1S/C19H17N3O3S2/c1-12(27-17-9-7-16(8-10-17)22(24)25)19(23)21-15-5-3-14(4-6-15)18-11-26-13(2)20-18/h3-12H,1-2H3,(H,21,23). The molecule has 1 atom stereocenters. The summed E-state index contributed by atoms with van der Waals surface area (Å²) in [4.78, 5) is 27.9. The Morgan fingerprint density at radius 3 is 2.41 bits per heavy atom. The molecule has 0 saturated carbocycles. The molecule has 0 saturated heterocycles. The van der Waals surface area contributed by atoms with Gasteiger partial charge in [-0.25, -0.2) is 4.98 Å². The second kappa shape index (κ2) is 8.32. The number of hydrogen-bond donors (Lipinski definition) is 1. The van der Waals surface area contributed by atoms with Crippen LogP contribution in [0.5, 0.6) is 0 Å². The van der Waals surface area contributed by atoms with Gasteiger partial charge >= 0.3 is 0 Å². The van der Waals surface area contributed by atoms with E-state index in [1.807, 2.05) is 36.6 Å². The van der Waals surface area contributed by atoms with Gasteiger partial charge in [0.15, 0.2) is 0 Å². The first kappa shape index (κ1) is 19.1. The average molecular weight is 399 g/mol. The molecule has 0 spiro atoms. The summed E-state index contributed by atoms with van der Waals surface area (Å²) in [5.41, 5.74) is 2.68. The average Bonchev–Trinajstić information content (AvgIpc) is 3.09. The number of amides is 1. The summed E-state index contributed by atoms with van der Waals surface area (Å²) in [6.45, 7) is 3.76. The molecule has 3 aromatic rings. The van der Waals surface area contributed by atoms with Gasteiger partial charge in [-0.1, -0.05) is 12.1 Å². The number of non-ortho nitro benzene ring substituents is 1. The van der Waals surface area contributed by atoms with Gasteiger partial charge in [0.05, 0.1) is 20.9 Å². The van der Waals surface area contributed by atoms with Crippen LogP contribution in [-0.4, -0.2) is 21.1 Å². The molecule has 1 heterocycles. The number of nitrogens with one attached hydrogen (secondary N) is 1. The molecule has 0 aliphatic rings. The lowest BCUT2D eigenvalue weighted by atomic mass is 10.1. The van der Waals surface area contributed by atoms with Crippen molar-refractivity contribution in [1.82, 2.24) is 4.98 Å². The van der Waals surface area contributed by atoms with Crippen LogP contribution in [0.4, 0.5) is 11.4 Å². The predicted molar refractivity (Wildman–Crippen MR) is 109 cm³/mol. The first-order chi connectivity index (χ1) is 12.9. The molecule has 0 radical (unpaired) electrons. The maximum Gasteiger partial charge on any atom is 0.269 e. The molecule has 0 bridgehead atoms. The van der Waals surface area contributed by atoms with Crippen LogP contribution in [0.15, 0.2) is 58.8 Å². The molecule has 0 fully saturated rings. The molecule has 8 heteroatoms. The molecular weight excluding hydrogens is 382 g/mol. The normalized spacial score (nSPS) is 11.8. The van der Waals surface area contributed by atoms with Crippen molar-refractivity contribution in [3.8, 4) is 11.3 Å². The van der Waals surface area contributed by atoms with Gasteiger partial charge in [0, 0.05) is 33.7 Å². The van der Waals surface area contributed by atoms with Gasteiger partial charge in [0.25, 0.3) is 5.69 Å². The number of aryl methyl sites for hydroxylation is 1. The number of nitro groups is 1. The minimum Gasteiger partial charge on any atom is -0.325 e. The maximum absolute atomic E-state index is 12.4. The third-order valence-electron chi connectivity index (χ3n) is 3.80. The minimum absolute atomic E-state index is 0.0341. The third kappa shape index (κ3) is 4.93. The number of nitrogens with zero attached hydrogens (tertiary/aromatic N) is 2. The zero-order valence-corrected chi connectivity index (χ0v) is 16.3. The molecule has 1 unspecified atom stereocenters. The Kier molecular flexibility index (Phi) is 5.88. The van der Waals surface area contributed by atoms with Crippen molar-refractivity contribution in [2.45, 2.75) is 24.0 Å². The zero-order chi connectivity index (χ0) is 19.4. The summed E-state index contributed by atoms with van der Waals surface area (Å²) >= 11 is 2.95. The molecule has 2 aromatic carbocycles. The highest BCUT2D eigenvalue weighted by Gasteiger charge is 2.15. The molecule has 0 aliphatic heterocycles. The Labute approximate surface area is 164 Å². The van der Waals surface area contributed by atoms with Gasteiger partial charge in [-0.05, 0) is 38.1 Å². The van der Waals surface area contributed by atoms with Crippen molar-refractivity contribution >= 4 is 40.4 Å². The van der Waals surface area contributed by atoms with Gasteiger partial charge in [-0.15, -0.1) is 23.1 Å². The molecule has 27 heavy (non-hydrogen) atoms. The lowest BCUT2D eigenvalue weighted by Crippen LogP contribution is -2.22. The van der Waals surface area contributed by atoms with Crippen LogP contribution in [0.2, 0.25) is 0 Å². The number of hydrogen-bond acceptors (Lipinski definition) is 6. The first-order valence-electron chi connectivity index (χ1n) is 8.17. The fraction of sp³-hybridized carbons (Fsp3) is 0.158. The Bertz CT molecular complexity index is 953. The number of thioether (sulfide) groups is 1. The molecule has 3 rings (SSSR count). The fourth-order valence-corrected chi connectivity index (χ4v) is 3.86. The molecule has 1 amide bonds. The van der Waals surface area contributed by atoms with Crippen LogP contribution < -0.4 is 5.32 Å². The minimum atomic E-state index is -0.443. The predicted octanol–water partition coefficient (Wildman–Crippen LogP) is 5.15. The van der Waals surface area contributed by atoms with E-state index in [4.69, 9.17) is 0 Å². The summed E-state index contributed by atoms with van der Waals surface area (Å²) in [5.74, 6) is -0.129. The second-order valence-corrected chi connectivity index (χ2v) is 8.31. The van der Waals surface area contributed by atoms with Crippen LogP contribution in [-0.2, 0) is 4.79 Å². The highest BCUT2D eigenvalue weighted by molar-refractivity contribution is 8.00. The maximum atomic E-state index is 12.4. The van der Waals surface area contributed by atoms with E-state index < -0.39 is 4.92 Å². The number of carbonyl (C=O) groups excluding carboxylic acids is 1. The Balaban J connectivity index is 1.59. The van der Waals surface area contributed by atoms with Gasteiger partial charge in [-0.2, -0.15) is 0 Å². The lowest BCUT2D eigenvalue weighted by Gasteiger charge is -2.12. The van der Waals surface area contributed by atoms with E-state index in [1.54, 1.807) is 30.4 Å². The van der Waals surface area contributed by atoms with Gasteiger partial charge in [0.2, 0.25) is 5.91 Å². The molecule has 138 valence electrons. The van der Waals surface area contributed by atoms with E-state index in [1.165, 1.54) is 23.9 Å². The van der Waals surface area contributed by atoms with Crippen molar-refractivity contribution < 1.29 is 9.72 Å². The van der Waals surface area contributed by atoms with Gasteiger partial charge in [0.1, 0.15) is 0 Å². The smallest absolute Gasteiger partial charge is 0.269 e. The fourth-order valence-electron chi connectivity index (χ4n) is 2.37. The summed E-state index contributed by atoms with van der Waals surface area (Å²) < 4.78 is 0. The zero-order valence-electron chi connectivity index (χ0n) is 14.7. The number of anilines is 1. The second-order valence-electron chi connectivity index (χ2n) is 5.83. The summed E-state index contributed by atoms with van der Waals surface area (Å²) in [7, 11) is 0. The van der Waals surface area contributed by atoms with Crippen LogP contribution in [0.1, 0.15) is 11.9 Å². The van der Waals surface area contributed by atoms with E-state index in [0.29, 0.717) is 5.69 Å². The highest BCUT2D eigenvalue weighted by Crippen LogP contribution is 2.27. The number of carbonyl (C=O) groups is 1. The largest absolute Gasteiger partial charge is 0.325 e. The van der Waals surface area contributed by atoms with Crippen molar-refractivity contribution in [2.24, 2.45) is 0 Å². The Morgan fingerprint density at radius 1 is 1.19 bits per heavy atom. The molecule has 1 N–H and O–H groups in total. The van der Waals surface area contributed by atoms with E-state index in [0.717, 1.165) is 21.2 Å². The quantitative estimate of drug-likeness (QED) is 0.352. The molecular formula is C19H17N3O3S2. The van der Waals surface area contributed by atoms with Crippen LogP contribution in [0.25, 0.3) is 11.3 Å². The molecule has 6 nitrogen and oxygen atoms in total. The van der Waals surface area contributed by atoms with Crippen LogP contribution >= 0.6 is 23.1 Å². The molecule has 1 aromatic heterocycles. The van der Waals surface area contributed by atoms with E-state index in [2.05, 4.69) is 10.3 Å². The van der Waals surface area contributed by atoms with E-state index in [9.17, 15) is 14.9 Å². The monoisotopic (exact) mass is 399 g/mol. The number of nitro benzene ring substituents is 1. The van der Waals surface area contributed by atoms with Crippen LogP contribution in [0.3, 0.4) is 0 Å². The Hall–Kier alpha value is -2.71. The first-order valence-corrected chi connectivity index (χ1v) is 9.93. The number of benzene rings is 2. The topological polar surface area (TPSA) is 85.1 Å². The molecule has 0 aliphatic carbocycles. The highest BCUT2D eigenvalue weighted by atomic mass is 32.2. The van der Waals surface area contributed by atoms with Crippen LogP contribution in [0, 0.1) is 17.0 Å². The van der Waals surface area contributed by atoms with E-state index >= 15 is 0 Å². The van der Waals surface area contributed by atoms with Crippen molar-refractivity contribution in [3.05, 3.63) is 69.0 Å². The SMILES string of the molecule is Cc1nc(-c2ccc(NC(=O)C(C)Sc3ccc([N+](=O)[O-])cc3)cc2)cs1. The lowest BCUT2D eigenvalue weighted by molar-refractivity contribution is -0.384. The Morgan fingerprint density at radius 2 is 1.85 bits per heavy atom. The number of thiazole rings is 1. The summed E-state index contributed by atoms with van der Waals surface area (Å²) in [5, 5.41) is 16.3. The van der Waals surface area contributed by atoms with Crippen molar-refractivity contribution in [1.29, 1.82) is 0 Å². The summed E-state index contributed by atoms with van der Waals surface area (Å²) in [6.07, 6.45) is 0. The van der Waals surface area contributed by atoms with Crippen molar-refractivity contribution in [2.75, 3.05) is 5.32 Å². The third-order valence-corrected chi connectivity index (χ3v) is 5.68.